The third-order valence-corrected chi connectivity index (χ3v) is 7.90. The van der Waals surface area contributed by atoms with Gasteiger partial charge in [-0.05, 0) is 69.0 Å². The summed E-state index contributed by atoms with van der Waals surface area (Å²) in [5, 5.41) is 4.71. The fraction of sp³-hybridized carbons (Fsp3) is 0.364. The molecule has 4 rings (SSSR count). The minimum atomic E-state index is -3.60. The number of hydrogen-bond donors (Lipinski definition) is 0. The molecule has 1 atom stereocenters. The summed E-state index contributed by atoms with van der Waals surface area (Å²) in [7, 11) is -3.60. The quantitative estimate of drug-likeness (QED) is 0.571. The van der Waals surface area contributed by atoms with Crippen LogP contribution in [0.25, 0.3) is 11.4 Å². The van der Waals surface area contributed by atoms with Crippen molar-refractivity contribution >= 4 is 21.6 Å². The predicted molar refractivity (Wildman–Crippen MR) is 116 cm³/mol. The van der Waals surface area contributed by atoms with Crippen molar-refractivity contribution in [1.29, 1.82) is 0 Å². The normalized spacial score (nSPS) is 17.9. The summed E-state index contributed by atoms with van der Waals surface area (Å²) >= 11 is 5.94. The summed E-state index contributed by atoms with van der Waals surface area (Å²) < 4.78 is 33.9. The lowest BCUT2D eigenvalue weighted by Crippen LogP contribution is -2.39. The van der Waals surface area contributed by atoms with Crippen molar-refractivity contribution in [1.82, 2.24) is 14.4 Å². The Hall–Kier alpha value is -2.22. The molecule has 30 heavy (non-hydrogen) atoms. The molecular formula is C22H24ClN3O3S. The Bertz CT molecular complexity index is 1150. The third kappa shape index (κ3) is 4.02. The second-order valence-corrected chi connectivity index (χ2v) is 10.2. The van der Waals surface area contributed by atoms with E-state index < -0.39 is 10.0 Å². The van der Waals surface area contributed by atoms with E-state index in [2.05, 4.69) is 10.1 Å². The van der Waals surface area contributed by atoms with Gasteiger partial charge in [-0.25, -0.2) is 8.42 Å². The number of piperidine rings is 1. The zero-order valence-electron chi connectivity index (χ0n) is 17.2. The summed E-state index contributed by atoms with van der Waals surface area (Å²) in [6, 6.07) is 11.0. The molecule has 0 bridgehead atoms. The van der Waals surface area contributed by atoms with E-state index in [0.717, 1.165) is 35.1 Å². The molecule has 0 N–H and O–H groups in total. The maximum atomic E-state index is 13.4. The van der Waals surface area contributed by atoms with Crippen LogP contribution >= 0.6 is 11.6 Å². The number of nitrogens with zero attached hydrogens (tertiary/aromatic N) is 3. The van der Waals surface area contributed by atoms with Crippen molar-refractivity contribution in [2.24, 2.45) is 0 Å². The lowest BCUT2D eigenvalue weighted by Gasteiger charge is -2.31. The SMILES string of the molecule is Cc1cc(C)c(S(=O)(=O)N2CCCC(c3nc(-c4ccc(Cl)cc4)no3)C2)c(C)c1. The monoisotopic (exact) mass is 445 g/mol. The molecule has 0 amide bonds. The van der Waals surface area contributed by atoms with Gasteiger partial charge < -0.3 is 4.52 Å². The molecule has 1 fully saturated rings. The van der Waals surface area contributed by atoms with Crippen molar-refractivity contribution in [3.63, 3.8) is 0 Å². The molecule has 6 nitrogen and oxygen atoms in total. The minimum absolute atomic E-state index is 0.131. The van der Waals surface area contributed by atoms with Gasteiger partial charge in [0.25, 0.3) is 0 Å². The van der Waals surface area contributed by atoms with Crippen molar-refractivity contribution in [3.8, 4) is 11.4 Å². The zero-order chi connectivity index (χ0) is 21.5. The van der Waals surface area contributed by atoms with Crippen LogP contribution in [0.4, 0.5) is 0 Å². The average molecular weight is 446 g/mol. The van der Waals surface area contributed by atoms with Gasteiger partial charge in [0.1, 0.15) is 0 Å². The van der Waals surface area contributed by atoms with Crippen LogP contribution in [-0.2, 0) is 10.0 Å². The highest BCUT2D eigenvalue weighted by molar-refractivity contribution is 7.89. The van der Waals surface area contributed by atoms with E-state index in [4.69, 9.17) is 16.1 Å². The molecule has 3 aromatic rings. The molecule has 1 aliphatic heterocycles. The smallest absolute Gasteiger partial charge is 0.243 e. The molecule has 2 aromatic carbocycles. The first-order valence-electron chi connectivity index (χ1n) is 9.93. The van der Waals surface area contributed by atoms with Crippen molar-refractivity contribution < 1.29 is 12.9 Å². The lowest BCUT2D eigenvalue weighted by atomic mass is 10.00. The first-order chi connectivity index (χ1) is 14.3. The van der Waals surface area contributed by atoms with Gasteiger partial charge in [0, 0.05) is 23.7 Å². The van der Waals surface area contributed by atoms with E-state index in [1.807, 2.05) is 45.0 Å². The van der Waals surface area contributed by atoms with Gasteiger partial charge in [-0.15, -0.1) is 0 Å². The van der Waals surface area contributed by atoms with Gasteiger partial charge in [0.05, 0.1) is 10.8 Å². The summed E-state index contributed by atoms with van der Waals surface area (Å²) in [4.78, 5) is 4.93. The van der Waals surface area contributed by atoms with Crippen LogP contribution in [0.5, 0.6) is 0 Å². The van der Waals surface area contributed by atoms with Gasteiger partial charge in [0.15, 0.2) is 0 Å². The molecular weight excluding hydrogens is 422 g/mol. The van der Waals surface area contributed by atoms with E-state index in [1.54, 1.807) is 16.4 Å². The number of sulfonamides is 1. The van der Waals surface area contributed by atoms with Crippen LogP contribution in [-0.4, -0.2) is 36.0 Å². The topological polar surface area (TPSA) is 76.3 Å². The Morgan fingerprint density at radius 2 is 1.77 bits per heavy atom. The molecule has 8 heteroatoms. The van der Waals surface area contributed by atoms with E-state index >= 15 is 0 Å². The molecule has 0 spiro atoms. The third-order valence-electron chi connectivity index (χ3n) is 5.48. The van der Waals surface area contributed by atoms with Gasteiger partial charge in [-0.1, -0.05) is 34.5 Å². The molecule has 2 heterocycles. The minimum Gasteiger partial charge on any atom is -0.339 e. The van der Waals surface area contributed by atoms with E-state index in [1.165, 1.54) is 0 Å². The standard InChI is InChI=1S/C22H24ClN3O3S/c1-14-11-15(2)20(16(3)12-14)30(27,28)26-10-4-5-18(13-26)22-24-21(25-29-22)17-6-8-19(23)9-7-17/h6-9,11-12,18H,4-5,10,13H2,1-3H3. The molecule has 0 aliphatic carbocycles. The van der Waals surface area contributed by atoms with E-state index in [0.29, 0.717) is 34.7 Å². The second kappa shape index (κ2) is 8.13. The molecule has 0 radical (unpaired) electrons. The number of rotatable bonds is 4. The number of aryl methyl sites for hydroxylation is 3. The molecule has 1 saturated heterocycles. The first-order valence-corrected chi connectivity index (χ1v) is 11.7. The number of aromatic nitrogens is 2. The number of hydrogen-bond acceptors (Lipinski definition) is 5. The fourth-order valence-electron chi connectivity index (χ4n) is 4.18. The van der Waals surface area contributed by atoms with Crippen molar-refractivity contribution in [2.45, 2.75) is 44.4 Å². The van der Waals surface area contributed by atoms with Crippen LogP contribution in [0.3, 0.4) is 0 Å². The van der Waals surface area contributed by atoms with Gasteiger partial charge in [-0.3, -0.25) is 0 Å². The molecule has 158 valence electrons. The molecule has 1 unspecified atom stereocenters. The summed E-state index contributed by atoms with van der Waals surface area (Å²) in [5.41, 5.74) is 3.41. The highest BCUT2D eigenvalue weighted by atomic mass is 35.5. The number of benzene rings is 2. The molecule has 1 aliphatic rings. The summed E-state index contributed by atoms with van der Waals surface area (Å²) in [6.45, 7) is 6.50. The van der Waals surface area contributed by atoms with Crippen LogP contribution in [0.2, 0.25) is 5.02 Å². The molecule has 0 saturated carbocycles. The Kier molecular flexibility index (Phi) is 5.70. The van der Waals surface area contributed by atoms with E-state index in [9.17, 15) is 8.42 Å². The maximum Gasteiger partial charge on any atom is 0.243 e. The van der Waals surface area contributed by atoms with Crippen LogP contribution in [0.1, 0.15) is 41.3 Å². The fourth-order valence-corrected chi connectivity index (χ4v) is 6.24. The Morgan fingerprint density at radius 3 is 2.43 bits per heavy atom. The summed E-state index contributed by atoms with van der Waals surface area (Å²) in [6.07, 6.45) is 1.55. The summed E-state index contributed by atoms with van der Waals surface area (Å²) in [5.74, 6) is 0.817. The highest BCUT2D eigenvalue weighted by Gasteiger charge is 2.35. The van der Waals surface area contributed by atoms with Crippen LogP contribution < -0.4 is 0 Å². The van der Waals surface area contributed by atoms with Gasteiger partial charge in [-0.2, -0.15) is 9.29 Å². The highest BCUT2D eigenvalue weighted by Crippen LogP contribution is 2.33. The van der Waals surface area contributed by atoms with Crippen LogP contribution in [0, 0.1) is 20.8 Å². The van der Waals surface area contributed by atoms with E-state index in [-0.39, 0.29) is 5.92 Å². The van der Waals surface area contributed by atoms with Crippen molar-refractivity contribution in [3.05, 3.63) is 64.0 Å². The van der Waals surface area contributed by atoms with Crippen LogP contribution in [0.15, 0.2) is 45.8 Å². The van der Waals surface area contributed by atoms with Gasteiger partial charge in [0.2, 0.25) is 21.7 Å². The second-order valence-electron chi connectivity index (χ2n) is 7.89. The Labute approximate surface area is 181 Å². The van der Waals surface area contributed by atoms with Gasteiger partial charge >= 0.3 is 0 Å². The maximum absolute atomic E-state index is 13.4. The first kappa shape index (κ1) is 21.0. The number of halogens is 1. The predicted octanol–water partition coefficient (Wildman–Crippen LogP) is 4.88. The van der Waals surface area contributed by atoms with Crippen molar-refractivity contribution in [2.75, 3.05) is 13.1 Å². The Balaban J connectivity index is 1.59. The molecule has 1 aromatic heterocycles. The zero-order valence-corrected chi connectivity index (χ0v) is 18.8. The lowest BCUT2D eigenvalue weighted by molar-refractivity contribution is 0.265. The Morgan fingerprint density at radius 1 is 1.10 bits per heavy atom. The average Bonchev–Trinajstić information content (AvgIpc) is 3.18. The largest absolute Gasteiger partial charge is 0.339 e.